The van der Waals surface area contributed by atoms with Gasteiger partial charge < -0.3 is 10.1 Å². The second kappa shape index (κ2) is 8.09. The number of hydrogen-bond donors (Lipinski definition) is 2. The largest absolute Gasteiger partial charge is 0.478 e. The molecule has 168 valence electrons. The number of aromatic amines is 1. The minimum absolute atomic E-state index is 0.0272. The van der Waals surface area contributed by atoms with E-state index in [-0.39, 0.29) is 23.7 Å². The fourth-order valence-corrected chi connectivity index (χ4v) is 4.50. The Kier molecular flexibility index (Phi) is 5.58. The number of alkyl halides is 1. The van der Waals surface area contributed by atoms with E-state index in [1.54, 1.807) is 17.2 Å². The van der Waals surface area contributed by atoms with Gasteiger partial charge in [-0.25, -0.2) is 22.9 Å². The molecule has 4 rings (SSSR count). The lowest BCUT2D eigenvalue weighted by Gasteiger charge is -2.43. The SMILES string of the molecule is CC1Cc2c([nH]c3ncccc23)C(c2c(F)cc(/C=C/C(=O)O)cc2F)N1CC(C)(C)F. The molecule has 0 radical (unpaired) electrons. The Morgan fingerprint density at radius 3 is 2.66 bits per heavy atom. The minimum atomic E-state index is -1.59. The number of benzene rings is 1. The van der Waals surface area contributed by atoms with E-state index in [0.29, 0.717) is 17.8 Å². The van der Waals surface area contributed by atoms with Crippen molar-refractivity contribution in [2.45, 2.75) is 44.9 Å². The van der Waals surface area contributed by atoms with Crippen LogP contribution >= 0.6 is 0 Å². The van der Waals surface area contributed by atoms with Gasteiger partial charge >= 0.3 is 5.97 Å². The molecule has 0 saturated carbocycles. The van der Waals surface area contributed by atoms with Gasteiger partial charge in [-0.1, -0.05) is 0 Å². The summed E-state index contributed by atoms with van der Waals surface area (Å²) in [5.41, 5.74) is 0.399. The lowest BCUT2D eigenvalue weighted by atomic mass is 9.87. The van der Waals surface area contributed by atoms with Gasteiger partial charge in [0.05, 0.1) is 6.04 Å². The summed E-state index contributed by atoms with van der Waals surface area (Å²) in [4.78, 5) is 20.1. The average molecular weight is 443 g/mol. The van der Waals surface area contributed by atoms with E-state index in [2.05, 4.69) is 9.97 Å². The van der Waals surface area contributed by atoms with Crippen LogP contribution in [0.25, 0.3) is 17.1 Å². The number of rotatable bonds is 5. The van der Waals surface area contributed by atoms with Crippen molar-refractivity contribution < 1.29 is 23.1 Å². The molecule has 5 nitrogen and oxygen atoms in total. The minimum Gasteiger partial charge on any atom is -0.478 e. The second-order valence-electron chi connectivity index (χ2n) is 8.83. The summed E-state index contributed by atoms with van der Waals surface area (Å²) in [7, 11) is 0. The number of aliphatic carboxylic acids is 1. The summed E-state index contributed by atoms with van der Waals surface area (Å²) < 4.78 is 45.4. The number of aromatic nitrogens is 2. The summed E-state index contributed by atoms with van der Waals surface area (Å²) in [5, 5.41) is 9.67. The molecule has 2 unspecified atom stereocenters. The fraction of sp³-hybridized carbons (Fsp3) is 0.333. The number of nitrogens with one attached hydrogen (secondary N) is 1. The molecular weight excluding hydrogens is 419 g/mol. The van der Waals surface area contributed by atoms with Crippen molar-refractivity contribution in [2.24, 2.45) is 0 Å². The molecule has 0 bridgehead atoms. The Labute approximate surface area is 183 Å². The van der Waals surface area contributed by atoms with Crippen molar-refractivity contribution in [1.29, 1.82) is 0 Å². The second-order valence-corrected chi connectivity index (χ2v) is 8.83. The predicted molar refractivity (Wildman–Crippen MR) is 116 cm³/mol. The van der Waals surface area contributed by atoms with Crippen LogP contribution in [0.5, 0.6) is 0 Å². The van der Waals surface area contributed by atoms with Crippen LogP contribution in [-0.2, 0) is 11.2 Å². The number of carboxylic acids is 1. The van der Waals surface area contributed by atoms with Crippen LogP contribution in [0.2, 0.25) is 0 Å². The molecule has 0 saturated heterocycles. The van der Waals surface area contributed by atoms with Crippen molar-refractivity contribution >= 4 is 23.1 Å². The zero-order valence-corrected chi connectivity index (χ0v) is 18.0. The number of fused-ring (bicyclic) bond motifs is 3. The van der Waals surface area contributed by atoms with Crippen molar-refractivity contribution in [3.63, 3.8) is 0 Å². The summed E-state index contributed by atoms with van der Waals surface area (Å²) in [6.45, 7) is 4.76. The van der Waals surface area contributed by atoms with E-state index in [0.717, 1.165) is 35.2 Å². The number of pyridine rings is 1. The molecule has 2 N–H and O–H groups in total. The number of halogens is 3. The first kappa shape index (κ1) is 22.1. The van der Waals surface area contributed by atoms with Gasteiger partial charge in [-0.3, -0.25) is 4.90 Å². The zero-order valence-electron chi connectivity index (χ0n) is 18.0. The maximum atomic E-state index is 15.3. The molecule has 2 aromatic heterocycles. The smallest absolute Gasteiger partial charge is 0.328 e. The number of carboxylic acid groups (broad SMARTS) is 1. The van der Waals surface area contributed by atoms with E-state index >= 15 is 8.78 Å². The lowest BCUT2D eigenvalue weighted by molar-refractivity contribution is -0.131. The molecule has 2 atom stereocenters. The van der Waals surface area contributed by atoms with E-state index in [1.807, 2.05) is 13.0 Å². The Hall–Kier alpha value is -3.13. The van der Waals surface area contributed by atoms with Gasteiger partial charge in [-0.05, 0) is 68.7 Å². The molecule has 32 heavy (non-hydrogen) atoms. The predicted octanol–water partition coefficient (Wildman–Crippen LogP) is 5.02. The van der Waals surface area contributed by atoms with Gasteiger partial charge in [0, 0.05) is 41.5 Å². The summed E-state index contributed by atoms with van der Waals surface area (Å²) >= 11 is 0. The molecule has 8 heteroatoms. The van der Waals surface area contributed by atoms with Crippen LogP contribution in [0.15, 0.2) is 36.5 Å². The topological polar surface area (TPSA) is 69.2 Å². The average Bonchev–Trinajstić information content (AvgIpc) is 3.05. The highest BCUT2D eigenvalue weighted by Crippen LogP contribution is 2.43. The summed E-state index contributed by atoms with van der Waals surface area (Å²) in [6.07, 6.45) is 4.16. The van der Waals surface area contributed by atoms with E-state index in [1.165, 1.54) is 13.8 Å². The van der Waals surface area contributed by atoms with Gasteiger partial charge in [-0.15, -0.1) is 0 Å². The van der Waals surface area contributed by atoms with Gasteiger partial charge in [0.1, 0.15) is 23.0 Å². The van der Waals surface area contributed by atoms with Crippen molar-refractivity contribution in [2.75, 3.05) is 6.54 Å². The lowest BCUT2D eigenvalue weighted by Crippen LogP contribution is -2.48. The van der Waals surface area contributed by atoms with Crippen LogP contribution in [-0.4, -0.2) is 44.2 Å². The molecule has 0 aliphatic carbocycles. The van der Waals surface area contributed by atoms with E-state index in [9.17, 15) is 9.18 Å². The van der Waals surface area contributed by atoms with Crippen molar-refractivity contribution in [3.8, 4) is 0 Å². The number of H-pyrrole nitrogens is 1. The van der Waals surface area contributed by atoms with Crippen LogP contribution in [0.3, 0.4) is 0 Å². The number of hydrogen-bond acceptors (Lipinski definition) is 3. The third-order valence-corrected chi connectivity index (χ3v) is 5.73. The molecule has 3 heterocycles. The maximum absolute atomic E-state index is 15.3. The third kappa shape index (κ3) is 4.14. The van der Waals surface area contributed by atoms with Crippen LogP contribution in [0, 0.1) is 11.6 Å². The molecule has 3 aromatic rings. The zero-order chi connectivity index (χ0) is 23.2. The first-order valence-corrected chi connectivity index (χ1v) is 10.3. The monoisotopic (exact) mass is 443 g/mol. The van der Waals surface area contributed by atoms with Gasteiger partial charge in [0.15, 0.2) is 0 Å². The molecule has 1 aliphatic rings. The molecular formula is C24H24F3N3O2. The molecule has 0 fully saturated rings. The Morgan fingerprint density at radius 2 is 2.03 bits per heavy atom. The van der Waals surface area contributed by atoms with Gasteiger partial charge in [0.2, 0.25) is 0 Å². The highest BCUT2D eigenvalue weighted by Gasteiger charge is 2.41. The highest BCUT2D eigenvalue weighted by molar-refractivity contribution is 5.85. The van der Waals surface area contributed by atoms with Gasteiger partial charge in [-0.2, -0.15) is 0 Å². The number of carbonyl (C=O) groups is 1. The summed E-state index contributed by atoms with van der Waals surface area (Å²) in [5.74, 6) is -2.87. The van der Waals surface area contributed by atoms with Crippen LogP contribution in [0.4, 0.5) is 13.2 Å². The van der Waals surface area contributed by atoms with E-state index < -0.39 is 29.3 Å². The van der Waals surface area contributed by atoms with Gasteiger partial charge in [0.25, 0.3) is 0 Å². The molecule has 1 aromatic carbocycles. The molecule has 0 spiro atoms. The first-order chi connectivity index (χ1) is 15.0. The maximum Gasteiger partial charge on any atom is 0.328 e. The van der Waals surface area contributed by atoms with Crippen molar-refractivity contribution in [1.82, 2.24) is 14.9 Å². The normalized spacial score (nSPS) is 19.6. The van der Waals surface area contributed by atoms with E-state index in [4.69, 9.17) is 5.11 Å². The Bertz CT molecular complexity index is 1190. The standard InChI is InChI=1S/C24H24F3N3O2/c1-13-9-16-15-5-4-8-28-23(15)29-21(16)22(30(13)12-24(2,3)27)20-17(25)10-14(11-18(20)26)6-7-19(31)32/h4-8,10-11,13,22H,9,12H2,1-3H3,(H,28,29)(H,31,32)/b7-6+. The Balaban J connectivity index is 1.92. The third-order valence-electron chi connectivity index (χ3n) is 5.73. The summed E-state index contributed by atoms with van der Waals surface area (Å²) in [6, 6.07) is 4.82. The fourth-order valence-electron chi connectivity index (χ4n) is 4.50. The molecule has 1 aliphatic heterocycles. The van der Waals surface area contributed by atoms with Crippen LogP contribution < -0.4 is 0 Å². The van der Waals surface area contributed by atoms with Crippen molar-refractivity contribution in [3.05, 3.63) is 70.6 Å². The number of nitrogens with zero attached hydrogens (tertiary/aromatic N) is 2. The quantitative estimate of drug-likeness (QED) is 0.543. The Morgan fingerprint density at radius 1 is 1.34 bits per heavy atom. The first-order valence-electron chi connectivity index (χ1n) is 10.3. The molecule has 0 amide bonds. The highest BCUT2D eigenvalue weighted by atomic mass is 19.1. The van der Waals surface area contributed by atoms with Crippen LogP contribution in [0.1, 0.15) is 49.2 Å².